The number of rotatable bonds is 5. The Hall–Kier alpha value is -3.66. The monoisotopic (exact) mass is 406 g/mol. The van der Waals surface area contributed by atoms with E-state index in [1.807, 2.05) is 61.5 Å². The van der Waals surface area contributed by atoms with E-state index >= 15 is 0 Å². The van der Waals surface area contributed by atoms with Crippen LogP contribution in [0.2, 0.25) is 0 Å². The molecule has 1 N–H and O–H groups in total. The number of methoxy groups -OCH3 is 1. The Morgan fingerprint density at radius 1 is 0.900 bits per heavy atom. The first-order chi connectivity index (χ1) is 14.2. The summed E-state index contributed by atoms with van der Waals surface area (Å²) in [4.78, 5) is 20.6. The van der Waals surface area contributed by atoms with E-state index in [2.05, 4.69) is 30.0 Å². The highest BCUT2D eigenvalue weighted by Crippen LogP contribution is 2.08. The van der Waals surface area contributed by atoms with Gasteiger partial charge in [-0.3, -0.25) is 0 Å². The summed E-state index contributed by atoms with van der Waals surface area (Å²) in [6.07, 6.45) is 5.18. The molecule has 2 rings (SSSR count). The molecule has 0 atom stereocenters. The van der Waals surface area contributed by atoms with Gasteiger partial charge in [0.25, 0.3) is 0 Å². The molecule has 2 aromatic carbocycles. The minimum Gasteiger partial charge on any atom is -0.478 e. The molecule has 0 radical (unpaired) electrons. The number of carboxylic acids is 1. The van der Waals surface area contributed by atoms with Crippen molar-refractivity contribution < 1.29 is 19.4 Å². The largest absolute Gasteiger partial charge is 0.478 e. The van der Waals surface area contributed by atoms with Crippen molar-refractivity contribution in [3.05, 3.63) is 108 Å². The minimum atomic E-state index is -0.886. The van der Waals surface area contributed by atoms with Crippen LogP contribution < -0.4 is 0 Å². The van der Waals surface area contributed by atoms with Gasteiger partial charge < -0.3 is 9.84 Å². The number of ether oxygens (including phenoxy) is 1. The van der Waals surface area contributed by atoms with Crippen LogP contribution in [-0.2, 0) is 14.3 Å². The van der Waals surface area contributed by atoms with E-state index in [4.69, 9.17) is 5.11 Å². The zero-order valence-electron chi connectivity index (χ0n) is 18.1. The summed E-state index contributed by atoms with van der Waals surface area (Å²) in [6, 6.07) is 19.9. The maximum atomic E-state index is 10.4. The van der Waals surface area contributed by atoms with Crippen molar-refractivity contribution in [2.45, 2.75) is 20.8 Å². The summed E-state index contributed by atoms with van der Waals surface area (Å²) >= 11 is 0. The molecular weight excluding hydrogens is 376 g/mol. The third-order valence-electron chi connectivity index (χ3n) is 3.57. The first-order valence-electron chi connectivity index (χ1n) is 9.27. The summed E-state index contributed by atoms with van der Waals surface area (Å²) in [7, 11) is 1.33. The van der Waals surface area contributed by atoms with Crippen molar-refractivity contribution in [2.24, 2.45) is 0 Å². The van der Waals surface area contributed by atoms with E-state index in [9.17, 15) is 9.59 Å². The van der Waals surface area contributed by atoms with Crippen molar-refractivity contribution >= 4 is 23.6 Å². The lowest BCUT2D eigenvalue weighted by molar-refractivity contribution is -0.136. The summed E-state index contributed by atoms with van der Waals surface area (Å²) in [5.74, 6) is -1.23. The van der Waals surface area contributed by atoms with Gasteiger partial charge in [0.15, 0.2) is 0 Å². The predicted octanol–water partition coefficient (Wildman–Crippen LogP) is 6.19. The van der Waals surface area contributed by atoms with Gasteiger partial charge in [0.1, 0.15) is 0 Å². The Balaban J connectivity index is 0.000000454. The second kappa shape index (κ2) is 15.3. The highest BCUT2D eigenvalue weighted by atomic mass is 16.5. The SMILES string of the molecule is C=C(C)C(=O)OC.C=C(C)c1ccccc1.CC(=CC=Cc1ccccc1)C(=O)O. The number of esters is 1. The van der Waals surface area contributed by atoms with Crippen LogP contribution in [-0.4, -0.2) is 24.2 Å². The van der Waals surface area contributed by atoms with Gasteiger partial charge in [-0.15, -0.1) is 0 Å². The van der Waals surface area contributed by atoms with E-state index in [-0.39, 0.29) is 5.97 Å². The molecule has 158 valence electrons. The van der Waals surface area contributed by atoms with Crippen molar-refractivity contribution in [2.75, 3.05) is 7.11 Å². The first kappa shape index (κ1) is 26.3. The Labute approximate surface area is 179 Å². The Morgan fingerprint density at radius 3 is 1.73 bits per heavy atom. The molecule has 0 aliphatic rings. The van der Waals surface area contributed by atoms with Crippen molar-refractivity contribution in [1.29, 1.82) is 0 Å². The van der Waals surface area contributed by atoms with E-state index in [1.165, 1.54) is 12.7 Å². The van der Waals surface area contributed by atoms with Crippen molar-refractivity contribution in [3.63, 3.8) is 0 Å². The molecule has 0 aliphatic carbocycles. The fourth-order valence-electron chi connectivity index (χ4n) is 1.84. The Morgan fingerprint density at radius 2 is 1.40 bits per heavy atom. The molecule has 0 heterocycles. The van der Waals surface area contributed by atoms with E-state index in [0.29, 0.717) is 11.1 Å². The molecule has 0 fully saturated rings. The van der Waals surface area contributed by atoms with Gasteiger partial charge in [0.05, 0.1) is 7.11 Å². The zero-order valence-corrected chi connectivity index (χ0v) is 18.1. The van der Waals surface area contributed by atoms with Crippen LogP contribution in [0.25, 0.3) is 11.6 Å². The molecule has 0 bridgehead atoms. The normalized spacial score (nSPS) is 10.1. The van der Waals surface area contributed by atoms with Gasteiger partial charge in [-0.2, -0.15) is 0 Å². The second-order valence-corrected chi connectivity index (χ2v) is 6.34. The predicted molar refractivity (Wildman–Crippen MR) is 125 cm³/mol. The third-order valence-corrected chi connectivity index (χ3v) is 3.57. The molecule has 4 nitrogen and oxygen atoms in total. The van der Waals surface area contributed by atoms with Gasteiger partial charge in [-0.05, 0) is 31.9 Å². The molecule has 0 saturated carbocycles. The van der Waals surface area contributed by atoms with Crippen LogP contribution in [0.15, 0.2) is 97.1 Å². The second-order valence-electron chi connectivity index (χ2n) is 6.34. The minimum absolute atomic E-state index is 0.331. The molecule has 0 aromatic heterocycles. The van der Waals surface area contributed by atoms with Crippen molar-refractivity contribution in [3.8, 4) is 0 Å². The lowest BCUT2D eigenvalue weighted by Gasteiger charge is -1.94. The van der Waals surface area contributed by atoms with Gasteiger partial charge in [-0.25, -0.2) is 9.59 Å². The smallest absolute Gasteiger partial charge is 0.332 e. The zero-order chi connectivity index (χ0) is 22.9. The molecule has 30 heavy (non-hydrogen) atoms. The van der Waals surface area contributed by atoms with E-state index < -0.39 is 5.97 Å². The highest BCUT2D eigenvalue weighted by Gasteiger charge is 1.96. The van der Waals surface area contributed by atoms with Gasteiger partial charge in [-0.1, -0.05) is 97.6 Å². The number of benzene rings is 2. The molecular formula is C26H30O4. The van der Waals surface area contributed by atoms with Crippen LogP contribution in [0.1, 0.15) is 31.9 Å². The van der Waals surface area contributed by atoms with Crippen LogP contribution in [0, 0.1) is 0 Å². The number of carboxylic acid groups (broad SMARTS) is 1. The molecule has 0 amide bonds. The number of carbonyl (C=O) groups excluding carboxylic acids is 1. The first-order valence-corrected chi connectivity index (χ1v) is 9.27. The maximum absolute atomic E-state index is 10.4. The number of allylic oxidation sites excluding steroid dienone is 3. The fraction of sp³-hybridized carbons (Fsp3) is 0.154. The Kier molecular flexibility index (Phi) is 13.4. The van der Waals surface area contributed by atoms with E-state index in [0.717, 1.165) is 11.1 Å². The summed E-state index contributed by atoms with van der Waals surface area (Å²) in [5.41, 5.74) is 4.16. The molecule has 0 aliphatic heterocycles. The molecule has 0 unspecified atom stereocenters. The van der Waals surface area contributed by atoms with E-state index in [1.54, 1.807) is 26.0 Å². The average molecular weight is 407 g/mol. The maximum Gasteiger partial charge on any atom is 0.332 e. The van der Waals surface area contributed by atoms with Crippen molar-refractivity contribution in [1.82, 2.24) is 0 Å². The third kappa shape index (κ3) is 12.7. The number of hydrogen-bond donors (Lipinski definition) is 1. The highest BCUT2D eigenvalue weighted by molar-refractivity contribution is 5.87. The fourth-order valence-corrected chi connectivity index (χ4v) is 1.84. The van der Waals surface area contributed by atoms with Gasteiger partial charge >= 0.3 is 11.9 Å². The molecule has 4 heteroatoms. The summed E-state index contributed by atoms with van der Waals surface area (Å²) in [5, 5.41) is 8.58. The van der Waals surface area contributed by atoms with Gasteiger partial charge in [0, 0.05) is 11.1 Å². The number of aliphatic carboxylic acids is 1. The van der Waals surface area contributed by atoms with Crippen LogP contribution in [0.4, 0.5) is 0 Å². The number of hydrogen-bond acceptors (Lipinski definition) is 3. The molecule has 0 spiro atoms. The average Bonchev–Trinajstić information content (AvgIpc) is 2.75. The summed E-state index contributed by atoms with van der Waals surface area (Å²) < 4.78 is 4.27. The number of carbonyl (C=O) groups is 2. The quantitative estimate of drug-likeness (QED) is 0.365. The standard InChI is InChI=1S/C12H12O2.C9H10.C5H8O2/c1-10(12(13)14)6-5-9-11-7-3-2-4-8-11;1-8(2)9-6-4-3-5-7-9;1-4(2)5(6)7-3/h2-9H,1H3,(H,13,14);3-7H,1H2,2H3;1H2,2-3H3. The summed E-state index contributed by atoms with van der Waals surface area (Å²) in [6.45, 7) is 12.4. The van der Waals surface area contributed by atoms with Crippen LogP contribution in [0.5, 0.6) is 0 Å². The topological polar surface area (TPSA) is 63.6 Å². The lowest BCUT2D eigenvalue weighted by atomic mass is 10.1. The molecule has 0 saturated heterocycles. The van der Waals surface area contributed by atoms with Gasteiger partial charge in [0.2, 0.25) is 0 Å². The lowest BCUT2D eigenvalue weighted by Crippen LogP contribution is -1.98. The van der Waals surface area contributed by atoms with Crippen LogP contribution >= 0.6 is 0 Å². The molecule has 2 aromatic rings. The Bertz CT molecular complexity index is 876. The van der Waals surface area contributed by atoms with Crippen LogP contribution in [0.3, 0.4) is 0 Å².